The SMILES string of the molecule is CC(C)C[C@@H](NC(=O)CCSCc1ccccn1)C(=O)O. The van der Waals surface area contributed by atoms with Gasteiger partial charge in [0.2, 0.25) is 5.91 Å². The summed E-state index contributed by atoms with van der Waals surface area (Å²) >= 11 is 1.61. The fourth-order valence-corrected chi connectivity index (χ4v) is 2.64. The first-order chi connectivity index (χ1) is 9.99. The van der Waals surface area contributed by atoms with Crippen LogP contribution in [0.15, 0.2) is 24.4 Å². The summed E-state index contributed by atoms with van der Waals surface area (Å²) in [6, 6.07) is 4.94. The van der Waals surface area contributed by atoms with E-state index in [1.165, 1.54) is 0 Å². The number of aromatic nitrogens is 1. The number of hydrogen-bond donors (Lipinski definition) is 2. The summed E-state index contributed by atoms with van der Waals surface area (Å²) < 4.78 is 0. The third-order valence-electron chi connectivity index (χ3n) is 2.79. The molecular formula is C15H22N2O3S. The number of amides is 1. The fourth-order valence-electron chi connectivity index (χ4n) is 1.78. The van der Waals surface area contributed by atoms with Crippen molar-refractivity contribution in [2.24, 2.45) is 5.92 Å². The molecule has 0 saturated carbocycles. The number of rotatable bonds is 9. The molecule has 0 fully saturated rings. The Kier molecular flexibility index (Phi) is 7.82. The first-order valence-corrected chi connectivity index (χ1v) is 8.14. The number of aliphatic carboxylic acids is 1. The summed E-state index contributed by atoms with van der Waals surface area (Å²) in [5.41, 5.74) is 0.978. The van der Waals surface area contributed by atoms with Gasteiger partial charge in [-0.1, -0.05) is 19.9 Å². The molecule has 0 bridgehead atoms. The molecule has 0 radical (unpaired) electrons. The molecule has 6 heteroatoms. The quantitative estimate of drug-likeness (QED) is 0.684. The lowest BCUT2D eigenvalue weighted by Crippen LogP contribution is -2.41. The van der Waals surface area contributed by atoms with Crippen molar-refractivity contribution in [1.82, 2.24) is 10.3 Å². The highest BCUT2D eigenvalue weighted by Gasteiger charge is 2.20. The second kappa shape index (κ2) is 9.39. The molecule has 5 nitrogen and oxygen atoms in total. The number of carboxylic acid groups (broad SMARTS) is 1. The Hall–Kier alpha value is -1.56. The van der Waals surface area contributed by atoms with E-state index in [2.05, 4.69) is 10.3 Å². The molecule has 1 atom stereocenters. The van der Waals surface area contributed by atoms with Gasteiger partial charge in [0, 0.05) is 24.1 Å². The van der Waals surface area contributed by atoms with E-state index >= 15 is 0 Å². The monoisotopic (exact) mass is 310 g/mol. The highest BCUT2D eigenvalue weighted by atomic mass is 32.2. The van der Waals surface area contributed by atoms with Gasteiger partial charge in [0.15, 0.2) is 0 Å². The first kappa shape index (κ1) is 17.5. The lowest BCUT2D eigenvalue weighted by Gasteiger charge is -2.16. The number of carbonyl (C=O) groups excluding carboxylic acids is 1. The molecule has 1 rings (SSSR count). The Morgan fingerprint density at radius 2 is 2.14 bits per heavy atom. The van der Waals surface area contributed by atoms with Gasteiger partial charge in [0.1, 0.15) is 6.04 Å². The summed E-state index contributed by atoms with van der Waals surface area (Å²) in [5, 5.41) is 11.6. The molecule has 0 aromatic carbocycles. The number of pyridine rings is 1. The van der Waals surface area contributed by atoms with Crippen LogP contribution in [0.2, 0.25) is 0 Å². The van der Waals surface area contributed by atoms with Gasteiger partial charge >= 0.3 is 5.97 Å². The van der Waals surface area contributed by atoms with Gasteiger partial charge < -0.3 is 10.4 Å². The predicted octanol–water partition coefficient (Wildman–Crippen LogP) is 2.32. The maximum absolute atomic E-state index is 11.7. The summed E-state index contributed by atoms with van der Waals surface area (Å²) in [5.74, 6) is 0.443. The lowest BCUT2D eigenvalue weighted by molar-refractivity contribution is -0.142. The zero-order chi connectivity index (χ0) is 15.7. The third-order valence-corrected chi connectivity index (χ3v) is 3.78. The van der Waals surface area contributed by atoms with E-state index in [-0.39, 0.29) is 11.8 Å². The second-order valence-electron chi connectivity index (χ2n) is 5.21. The van der Waals surface area contributed by atoms with Crippen molar-refractivity contribution in [3.05, 3.63) is 30.1 Å². The highest BCUT2D eigenvalue weighted by molar-refractivity contribution is 7.98. The largest absolute Gasteiger partial charge is 0.480 e. The molecule has 116 valence electrons. The number of nitrogens with one attached hydrogen (secondary N) is 1. The summed E-state index contributed by atoms with van der Waals surface area (Å²) in [4.78, 5) is 27.0. The Balaban J connectivity index is 2.25. The second-order valence-corrected chi connectivity index (χ2v) is 6.32. The molecular weight excluding hydrogens is 288 g/mol. The van der Waals surface area contributed by atoms with Gasteiger partial charge in [-0.05, 0) is 24.5 Å². The van der Waals surface area contributed by atoms with Crippen LogP contribution in [-0.4, -0.2) is 33.8 Å². The summed E-state index contributed by atoms with van der Waals surface area (Å²) in [6.07, 6.45) is 2.51. The van der Waals surface area contributed by atoms with E-state index in [0.29, 0.717) is 18.6 Å². The van der Waals surface area contributed by atoms with Crippen molar-refractivity contribution < 1.29 is 14.7 Å². The lowest BCUT2D eigenvalue weighted by atomic mass is 10.0. The maximum Gasteiger partial charge on any atom is 0.326 e. The van der Waals surface area contributed by atoms with Crippen molar-refractivity contribution in [3.8, 4) is 0 Å². The van der Waals surface area contributed by atoms with Gasteiger partial charge in [0.25, 0.3) is 0 Å². The van der Waals surface area contributed by atoms with Gasteiger partial charge in [-0.15, -0.1) is 0 Å². The molecule has 0 aliphatic heterocycles. The molecule has 1 heterocycles. The van der Waals surface area contributed by atoms with E-state index < -0.39 is 12.0 Å². The Morgan fingerprint density at radius 1 is 1.38 bits per heavy atom. The molecule has 0 saturated heterocycles. The molecule has 2 N–H and O–H groups in total. The van der Waals surface area contributed by atoms with Crippen LogP contribution < -0.4 is 5.32 Å². The minimum atomic E-state index is -0.974. The van der Waals surface area contributed by atoms with Crippen molar-refractivity contribution >= 4 is 23.6 Å². The summed E-state index contributed by atoms with van der Waals surface area (Å²) in [7, 11) is 0. The van der Waals surface area contributed by atoms with Crippen LogP contribution in [-0.2, 0) is 15.3 Å². The van der Waals surface area contributed by atoms with Crippen LogP contribution in [0.25, 0.3) is 0 Å². The number of thioether (sulfide) groups is 1. The molecule has 0 aliphatic rings. The number of nitrogens with zero attached hydrogens (tertiary/aromatic N) is 1. The van der Waals surface area contributed by atoms with Gasteiger partial charge in [0.05, 0.1) is 5.69 Å². The van der Waals surface area contributed by atoms with E-state index in [1.807, 2.05) is 32.0 Å². The van der Waals surface area contributed by atoms with Crippen LogP contribution in [0.4, 0.5) is 0 Å². The Bertz CT molecular complexity index is 451. The molecule has 21 heavy (non-hydrogen) atoms. The maximum atomic E-state index is 11.7. The van der Waals surface area contributed by atoms with Crippen molar-refractivity contribution in [1.29, 1.82) is 0 Å². The highest BCUT2D eigenvalue weighted by Crippen LogP contribution is 2.11. The zero-order valence-corrected chi connectivity index (χ0v) is 13.2. The summed E-state index contributed by atoms with van der Waals surface area (Å²) in [6.45, 7) is 3.87. The molecule has 1 aromatic heterocycles. The number of carboxylic acids is 1. The van der Waals surface area contributed by atoms with Gasteiger partial charge in [-0.2, -0.15) is 11.8 Å². The van der Waals surface area contributed by atoms with E-state index in [1.54, 1.807) is 18.0 Å². The Labute approximate surface area is 129 Å². The van der Waals surface area contributed by atoms with Crippen LogP contribution in [0.3, 0.4) is 0 Å². The van der Waals surface area contributed by atoms with Gasteiger partial charge in [-0.25, -0.2) is 4.79 Å². The minimum Gasteiger partial charge on any atom is -0.480 e. The van der Waals surface area contributed by atoms with E-state index in [4.69, 9.17) is 5.11 Å². The van der Waals surface area contributed by atoms with Crippen LogP contribution >= 0.6 is 11.8 Å². The molecule has 1 aromatic rings. The average molecular weight is 310 g/mol. The normalized spacial score (nSPS) is 12.1. The zero-order valence-electron chi connectivity index (χ0n) is 12.4. The van der Waals surface area contributed by atoms with Crippen LogP contribution in [0.1, 0.15) is 32.4 Å². The van der Waals surface area contributed by atoms with Crippen molar-refractivity contribution in [2.45, 2.75) is 38.5 Å². The minimum absolute atomic E-state index is 0.212. The standard InChI is InChI=1S/C15H22N2O3S/c1-11(2)9-13(15(19)20)17-14(18)6-8-21-10-12-5-3-4-7-16-12/h3-5,7,11,13H,6,8-10H2,1-2H3,(H,17,18)(H,19,20)/t13-/m1/s1. The topological polar surface area (TPSA) is 79.3 Å². The predicted molar refractivity (Wildman–Crippen MR) is 84.0 cm³/mol. The van der Waals surface area contributed by atoms with Crippen LogP contribution in [0.5, 0.6) is 0 Å². The third kappa shape index (κ3) is 7.70. The van der Waals surface area contributed by atoms with E-state index in [9.17, 15) is 9.59 Å². The van der Waals surface area contributed by atoms with E-state index in [0.717, 1.165) is 11.4 Å². The fraction of sp³-hybridized carbons (Fsp3) is 0.533. The van der Waals surface area contributed by atoms with Crippen molar-refractivity contribution in [3.63, 3.8) is 0 Å². The molecule has 1 amide bonds. The van der Waals surface area contributed by atoms with Crippen molar-refractivity contribution in [2.75, 3.05) is 5.75 Å². The van der Waals surface area contributed by atoms with Gasteiger partial charge in [-0.3, -0.25) is 9.78 Å². The van der Waals surface area contributed by atoms with Crippen LogP contribution in [0, 0.1) is 5.92 Å². The number of carbonyl (C=O) groups is 2. The molecule has 0 unspecified atom stereocenters. The Morgan fingerprint density at radius 3 is 2.71 bits per heavy atom. The smallest absolute Gasteiger partial charge is 0.326 e. The first-order valence-electron chi connectivity index (χ1n) is 6.99. The average Bonchev–Trinajstić information content (AvgIpc) is 2.43. The molecule has 0 aliphatic carbocycles. The number of hydrogen-bond acceptors (Lipinski definition) is 4. The molecule has 0 spiro atoms.